The summed E-state index contributed by atoms with van der Waals surface area (Å²) in [7, 11) is 0. The molecule has 2 heterocycles. The van der Waals surface area contributed by atoms with Crippen LogP contribution < -0.4 is 5.43 Å². The molecular formula is C23H20BrCl2NO4. The van der Waals surface area contributed by atoms with Crippen LogP contribution in [0, 0.1) is 0 Å². The molecule has 0 saturated heterocycles. The van der Waals surface area contributed by atoms with Gasteiger partial charge in [-0.1, -0.05) is 45.2 Å². The molecule has 162 valence electrons. The van der Waals surface area contributed by atoms with Crippen LogP contribution >= 0.6 is 39.1 Å². The summed E-state index contributed by atoms with van der Waals surface area (Å²) < 4.78 is 12.3. The first kappa shape index (κ1) is 22.3. The largest absolute Gasteiger partial charge is 0.450 e. The number of halogens is 3. The summed E-state index contributed by atoms with van der Waals surface area (Å²) >= 11 is 15.8. The van der Waals surface area contributed by atoms with Crippen molar-refractivity contribution in [1.29, 1.82) is 0 Å². The molecule has 1 aliphatic heterocycles. The van der Waals surface area contributed by atoms with Gasteiger partial charge in [0.2, 0.25) is 5.76 Å². The Morgan fingerprint density at radius 2 is 1.90 bits per heavy atom. The highest BCUT2D eigenvalue weighted by molar-refractivity contribution is 9.10. The number of carbonyl (C=O) groups excluding carboxylic acids is 1. The number of carbonyl (C=O) groups is 1. The van der Waals surface area contributed by atoms with Crippen molar-refractivity contribution in [2.45, 2.75) is 32.4 Å². The van der Waals surface area contributed by atoms with Crippen LogP contribution in [0.5, 0.6) is 0 Å². The number of benzene rings is 2. The molecule has 0 bridgehead atoms. The Bertz CT molecular complexity index is 1220. The molecule has 5 nitrogen and oxygen atoms in total. The summed E-state index contributed by atoms with van der Waals surface area (Å²) in [5.41, 5.74) is 1.16. The fourth-order valence-electron chi connectivity index (χ4n) is 3.81. The second kappa shape index (κ2) is 8.94. The fourth-order valence-corrected chi connectivity index (χ4v) is 4.47. The van der Waals surface area contributed by atoms with Gasteiger partial charge in [0, 0.05) is 17.6 Å². The molecule has 3 aromatic rings. The van der Waals surface area contributed by atoms with Crippen molar-refractivity contribution in [3.63, 3.8) is 0 Å². The van der Waals surface area contributed by atoms with Gasteiger partial charge in [0.15, 0.2) is 5.43 Å². The molecule has 1 aliphatic rings. The van der Waals surface area contributed by atoms with E-state index in [4.69, 9.17) is 32.4 Å². The first-order valence-electron chi connectivity index (χ1n) is 9.91. The number of rotatable bonds is 6. The molecule has 0 radical (unpaired) electrons. The Kier molecular flexibility index (Phi) is 6.44. The topological polar surface area (TPSA) is 59.8 Å². The SMILES string of the molecule is CC(C)OCCCN1C(=O)c2oc3ccc(Br)cc3c(=O)c2C1c1ccc(Cl)c(Cl)c1. The quantitative estimate of drug-likeness (QED) is 0.359. The normalized spacial score (nSPS) is 15.9. The standard InChI is InChI=1S/C23H20BrCl2NO4/c1-12(2)30-9-3-8-27-20(13-4-6-16(25)17(26)10-13)19-21(28)15-11-14(24)5-7-18(15)31-22(19)23(27)29/h4-7,10-12,20H,3,8-9H2,1-2H3. The average Bonchev–Trinajstić information content (AvgIpc) is 3.00. The number of amides is 1. The Balaban J connectivity index is 1.84. The van der Waals surface area contributed by atoms with Gasteiger partial charge in [0.1, 0.15) is 5.58 Å². The molecule has 4 rings (SSSR count). The Hall–Kier alpha value is -1.86. The lowest BCUT2D eigenvalue weighted by molar-refractivity contribution is 0.0593. The molecule has 8 heteroatoms. The Labute approximate surface area is 198 Å². The summed E-state index contributed by atoms with van der Waals surface area (Å²) in [6, 6.07) is 9.69. The predicted octanol–water partition coefficient (Wildman–Crippen LogP) is 6.22. The third-order valence-corrected chi connectivity index (χ3v) is 6.41. The number of hydrogen-bond acceptors (Lipinski definition) is 4. The van der Waals surface area contributed by atoms with Crippen molar-refractivity contribution in [3.8, 4) is 0 Å². The van der Waals surface area contributed by atoms with E-state index in [9.17, 15) is 9.59 Å². The summed E-state index contributed by atoms with van der Waals surface area (Å²) in [5, 5.41) is 1.17. The van der Waals surface area contributed by atoms with Gasteiger partial charge in [-0.2, -0.15) is 0 Å². The van der Waals surface area contributed by atoms with Crippen LogP contribution in [-0.4, -0.2) is 30.1 Å². The molecule has 0 saturated carbocycles. The van der Waals surface area contributed by atoms with Crippen LogP contribution in [-0.2, 0) is 4.74 Å². The Morgan fingerprint density at radius 3 is 2.61 bits per heavy atom. The van der Waals surface area contributed by atoms with Crippen molar-refractivity contribution < 1.29 is 13.9 Å². The first-order valence-corrected chi connectivity index (χ1v) is 11.5. The van der Waals surface area contributed by atoms with E-state index in [1.165, 1.54) is 0 Å². The molecule has 0 spiro atoms. The molecule has 1 atom stereocenters. The van der Waals surface area contributed by atoms with Crippen LogP contribution in [0.4, 0.5) is 0 Å². The minimum absolute atomic E-state index is 0.0701. The van der Waals surface area contributed by atoms with Crippen molar-refractivity contribution >= 4 is 56.0 Å². The van der Waals surface area contributed by atoms with E-state index < -0.39 is 6.04 Å². The van der Waals surface area contributed by atoms with Gasteiger partial charge in [-0.25, -0.2) is 0 Å². The maximum atomic E-state index is 13.5. The summed E-state index contributed by atoms with van der Waals surface area (Å²) in [6.07, 6.45) is 0.721. The van der Waals surface area contributed by atoms with Gasteiger partial charge in [0.25, 0.3) is 5.91 Å². The summed E-state index contributed by atoms with van der Waals surface area (Å²) in [6.45, 7) is 4.83. The van der Waals surface area contributed by atoms with Crippen LogP contribution in [0.15, 0.2) is 50.1 Å². The van der Waals surface area contributed by atoms with Crippen LogP contribution in [0.1, 0.15) is 48.0 Å². The molecular weight excluding hydrogens is 505 g/mol. The third-order valence-electron chi connectivity index (χ3n) is 5.18. The maximum absolute atomic E-state index is 13.5. The maximum Gasteiger partial charge on any atom is 0.290 e. The van der Waals surface area contributed by atoms with Gasteiger partial charge in [-0.15, -0.1) is 0 Å². The zero-order valence-corrected chi connectivity index (χ0v) is 20.1. The number of ether oxygens (including phenoxy) is 1. The molecule has 2 aromatic carbocycles. The zero-order valence-electron chi connectivity index (χ0n) is 17.0. The number of fused-ring (bicyclic) bond motifs is 2. The molecule has 0 fully saturated rings. The van der Waals surface area contributed by atoms with E-state index in [0.717, 1.165) is 4.47 Å². The molecule has 0 aliphatic carbocycles. The van der Waals surface area contributed by atoms with Crippen LogP contribution in [0.3, 0.4) is 0 Å². The predicted molar refractivity (Wildman–Crippen MR) is 125 cm³/mol. The highest BCUT2D eigenvalue weighted by Gasteiger charge is 2.42. The number of hydrogen-bond donors (Lipinski definition) is 0. The second-order valence-corrected chi connectivity index (χ2v) is 9.39. The van der Waals surface area contributed by atoms with Gasteiger partial charge < -0.3 is 14.1 Å². The first-order chi connectivity index (χ1) is 14.8. The molecule has 1 unspecified atom stereocenters. The lowest BCUT2D eigenvalue weighted by atomic mass is 9.98. The zero-order chi connectivity index (χ0) is 22.3. The highest BCUT2D eigenvalue weighted by Crippen LogP contribution is 2.40. The monoisotopic (exact) mass is 523 g/mol. The average molecular weight is 525 g/mol. The van der Waals surface area contributed by atoms with Crippen molar-refractivity contribution in [2.24, 2.45) is 0 Å². The van der Waals surface area contributed by atoms with E-state index in [2.05, 4.69) is 15.9 Å². The molecule has 31 heavy (non-hydrogen) atoms. The van der Waals surface area contributed by atoms with Gasteiger partial charge in [-0.05, 0) is 56.2 Å². The van der Waals surface area contributed by atoms with E-state index in [0.29, 0.717) is 51.7 Å². The van der Waals surface area contributed by atoms with Gasteiger partial charge >= 0.3 is 0 Å². The molecule has 0 N–H and O–H groups in total. The van der Waals surface area contributed by atoms with Crippen LogP contribution in [0.2, 0.25) is 10.0 Å². The van der Waals surface area contributed by atoms with Crippen molar-refractivity contribution in [2.75, 3.05) is 13.2 Å². The van der Waals surface area contributed by atoms with Gasteiger partial charge in [-0.3, -0.25) is 9.59 Å². The minimum Gasteiger partial charge on any atom is -0.450 e. The lowest BCUT2D eigenvalue weighted by Crippen LogP contribution is -2.31. The van der Waals surface area contributed by atoms with Crippen molar-refractivity contribution in [1.82, 2.24) is 4.90 Å². The van der Waals surface area contributed by atoms with E-state index in [-0.39, 0.29) is 23.2 Å². The van der Waals surface area contributed by atoms with Crippen molar-refractivity contribution in [3.05, 3.63) is 78.0 Å². The lowest BCUT2D eigenvalue weighted by Gasteiger charge is -2.25. The third kappa shape index (κ3) is 4.27. The summed E-state index contributed by atoms with van der Waals surface area (Å²) in [4.78, 5) is 28.4. The summed E-state index contributed by atoms with van der Waals surface area (Å²) in [5.74, 6) is -0.252. The molecule has 1 amide bonds. The number of nitrogens with zero attached hydrogens (tertiary/aromatic N) is 1. The fraction of sp³-hybridized carbons (Fsp3) is 0.304. The van der Waals surface area contributed by atoms with Gasteiger partial charge in [0.05, 0.1) is 33.1 Å². The van der Waals surface area contributed by atoms with E-state index in [1.807, 2.05) is 13.8 Å². The molecule has 1 aromatic heterocycles. The second-order valence-electron chi connectivity index (χ2n) is 7.66. The highest BCUT2D eigenvalue weighted by atomic mass is 79.9. The van der Waals surface area contributed by atoms with E-state index in [1.54, 1.807) is 41.3 Å². The Morgan fingerprint density at radius 1 is 1.13 bits per heavy atom. The van der Waals surface area contributed by atoms with Crippen LogP contribution in [0.25, 0.3) is 11.0 Å². The minimum atomic E-state index is -0.615. The van der Waals surface area contributed by atoms with E-state index >= 15 is 0 Å². The smallest absolute Gasteiger partial charge is 0.290 e.